The van der Waals surface area contributed by atoms with Crippen molar-refractivity contribution >= 4 is 45.0 Å². The van der Waals surface area contributed by atoms with Crippen molar-refractivity contribution in [2.24, 2.45) is 5.73 Å². The number of nitrogens with zero attached hydrogens (tertiary/aromatic N) is 2. The summed E-state index contributed by atoms with van der Waals surface area (Å²) in [6.45, 7) is 8.74. The summed E-state index contributed by atoms with van der Waals surface area (Å²) in [6, 6.07) is 16.1. The van der Waals surface area contributed by atoms with Crippen LogP contribution in [0.15, 0.2) is 60.9 Å². The Hall–Kier alpha value is -4.65. The van der Waals surface area contributed by atoms with Gasteiger partial charge in [0.15, 0.2) is 0 Å². The monoisotopic (exact) mass is 503 g/mol. The number of pyridine rings is 1. The number of primary amides is 1. The van der Waals surface area contributed by atoms with Gasteiger partial charge in [-0.25, -0.2) is 0 Å². The molecule has 0 spiro atoms. The number of hydrogen-bond acceptors (Lipinski definition) is 4. The first-order chi connectivity index (χ1) is 18.2. The third-order valence-electron chi connectivity index (χ3n) is 7.31. The standard InChI is InChI=1S/C31H29N5O2/c1-16(2)34-20-6-8-23-26(12-20)35-29-24(30(32)37)10-9-22(28(23)29)25-13-33-14-27(18(25)4)36-15-19-11-17(3)5-7-21(19)31(36)38/h5-14,16,34-35H,15H2,1-4H3,(H2,32,37). The van der Waals surface area contributed by atoms with Crippen molar-refractivity contribution in [1.29, 1.82) is 0 Å². The molecule has 6 rings (SSSR count). The van der Waals surface area contributed by atoms with E-state index < -0.39 is 5.91 Å². The number of fused-ring (bicyclic) bond motifs is 4. The van der Waals surface area contributed by atoms with E-state index in [1.165, 1.54) is 0 Å². The molecule has 38 heavy (non-hydrogen) atoms. The number of nitrogens with two attached hydrogens (primary N) is 1. The molecule has 0 bridgehead atoms. The molecule has 0 fully saturated rings. The molecular formula is C31H29N5O2. The quantitative estimate of drug-likeness (QED) is 0.270. The zero-order chi connectivity index (χ0) is 26.7. The van der Waals surface area contributed by atoms with Crippen LogP contribution < -0.4 is 16.0 Å². The van der Waals surface area contributed by atoms with E-state index in [1.807, 2.05) is 50.4 Å². The molecule has 190 valence electrons. The summed E-state index contributed by atoms with van der Waals surface area (Å²) in [5, 5.41) is 5.32. The molecule has 4 N–H and O–H groups in total. The number of rotatable bonds is 5. The molecular weight excluding hydrogens is 474 g/mol. The molecule has 2 amide bonds. The van der Waals surface area contributed by atoms with Gasteiger partial charge in [-0.05, 0) is 68.7 Å². The molecule has 0 radical (unpaired) electrons. The highest BCUT2D eigenvalue weighted by molar-refractivity contribution is 6.20. The van der Waals surface area contributed by atoms with Gasteiger partial charge in [0.2, 0.25) is 0 Å². The van der Waals surface area contributed by atoms with Crippen molar-refractivity contribution in [3.8, 4) is 11.1 Å². The van der Waals surface area contributed by atoms with E-state index in [-0.39, 0.29) is 11.9 Å². The number of aromatic nitrogens is 2. The normalized spacial score (nSPS) is 13.1. The smallest absolute Gasteiger partial charge is 0.258 e. The fraction of sp³-hybridized carbons (Fsp3) is 0.194. The van der Waals surface area contributed by atoms with Crippen molar-refractivity contribution in [2.45, 2.75) is 40.3 Å². The number of hydrogen-bond donors (Lipinski definition) is 3. The number of aryl methyl sites for hydroxylation is 1. The Morgan fingerprint density at radius 3 is 2.58 bits per heavy atom. The maximum Gasteiger partial charge on any atom is 0.258 e. The molecule has 0 unspecified atom stereocenters. The van der Waals surface area contributed by atoms with Gasteiger partial charge in [-0.3, -0.25) is 14.6 Å². The van der Waals surface area contributed by atoms with Crippen molar-refractivity contribution in [1.82, 2.24) is 9.97 Å². The fourth-order valence-electron chi connectivity index (χ4n) is 5.57. The number of H-pyrrole nitrogens is 1. The van der Waals surface area contributed by atoms with Crippen molar-refractivity contribution < 1.29 is 9.59 Å². The van der Waals surface area contributed by atoms with Crippen molar-refractivity contribution in [3.63, 3.8) is 0 Å². The first-order valence-corrected chi connectivity index (χ1v) is 12.7. The highest BCUT2D eigenvalue weighted by atomic mass is 16.2. The summed E-state index contributed by atoms with van der Waals surface area (Å²) in [7, 11) is 0. The summed E-state index contributed by atoms with van der Waals surface area (Å²) in [5.74, 6) is -0.512. The molecule has 0 saturated carbocycles. The lowest BCUT2D eigenvalue weighted by Gasteiger charge is -2.20. The van der Waals surface area contributed by atoms with Crippen LogP contribution in [0.5, 0.6) is 0 Å². The van der Waals surface area contributed by atoms with Crippen LogP contribution in [0.1, 0.15) is 51.3 Å². The van der Waals surface area contributed by atoms with Crippen LogP contribution >= 0.6 is 0 Å². The van der Waals surface area contributed by atoms with Gasteiger partial charge in [0.1, 0.15) is 0 Å². The van der Waals surface area contributed by atoms with Gasteiger partial charge in [-0.1, -0.05) is 29.8 Å². The molecule has 5 aromatic rings. The Morgan fingerprint density at radius 2 is 1.82 bits per heavy atom. The van der Waals surface area contributed by atoms with Gasteiger partial charge in [-0.15, -0.1) is 0 Å². The molecule has 0 aliphatic carbocycles. The number of benzene rings is 3. The van der Waals surface area contributed by atoms with E-state index in [1.54, 1.807) is 17.2 Å². The summed E-state index contributed by atoms with van der Waals surface area (Å²) >= 11 is 0. The molecule has 7 heteroatoms. The minimum absolute atomic E-state index is 0.0199. The van der Waals surface area contributed by atoms with Gasteiger partial charge < -0.3 is 20.9 Å². The minimum atomic E-state index is -0.493. The number of amides is 2. The predicted molar refractivity (Wildman–Crippen MR) is 153 cm³/mol. The zero-order valence-corrected chi connectivity index (χ0v) is 21.8. The van der Waals surface area contributed by atoms with E-state index >= 15 is 0 Å². The Bertz CT molecular complexity index is 1780. The molecule has 0 saturated heterocycles. The van der Waals surface area contributed by atoms with Gasteiger partial charge in [0.25, 0.3) is 11.8 Å². The highest BCUT2D eigenvalue weighted by Crippen LogP contribution is 2.41. The zero-order valence-electron chi connectivity index (χ0n) is 21.8. The third-order valence-corrected chi connectivity index (χ3v) is 7.31. The lowest BCUT2D eigenvalue weighted by molar-refractivity contribution is 0.0990. The van der Waals surface area contributed by atoms with Gasteiger partial charge in [-0.2, -0.15) is 0 Å². The molecule has 7 nitrogen and oxygen atoms in total. The Labute approximate surface area is 220 Å². The first-order valence-electron chi connectivity index (χ1n) is 12.7. The summed E-state index contributed by atoms with van der Waals surface area (Å²) < 4.78 is 0. The average molecular weight is 504 g/mol. The number of carbonyl (C=O) groups excluding carboxylic acids is 2. The SMILES string of the molecule is Cc1ccc2c(c1)CN(c1cncc(-c3ccc(C(N)=O)c4[nH]c5cc(NC(C)C)ccc5c34)c1C)C2=O. The molecule has 1 aliphatic rings. The van der Waals surface area contributed by atoms with Gasteiger partial charge in [0.05, 0.1) is 29.5 Å². The van der Waals surface area contributed by atoms with Gasteiger partial charge in [0, 0.05) is 45.3 Å². The lowest BCUT2D eigenvalue weighted by Crippen LogP contribution is -2.24. The van der Waals surface area contributed by atoms with Crippen LogP contribution in [-0.2, 0) is 6.54 Å². The number of nitrogens with one attached hydrogen (secondary N) is 2. The van der Waals surface area contributed by atoms with Crippen molar-refractivity contribution in [2.75, 3.05) is 10.2 Å². The fourth-order valence-corrected chi connectivity index (χ4v) is 5.57. The van der Waals surface area contributed by atoms with E-state index in [4.69, 9.17) is 5.73 Å². The average Bonchev–Trinajstić information content (AvgIpc) is 3.40. The van der Waals surface area contributed by atoms with Crippen LogP contribution in [0.2, 0.25) is 0 Å². The molecule has 2 aromatic heterocycles. The van der Waals surface area contributed by atoms with E-state index in [2.05, 4.69) is 41.3 Å². The highest BCUT2D eigenvalue weighted by Gasteiger charge is 2.30. The van der Waals surface area contributed by atoms with Crippen LogP contribution in [0.4, 0.5) is 11.4 Å². The van der Waals surface area contributed by atoms with Crippen LogP contribution in [0.3, 0.4) is 0 Å². The molecule has 1 aliphatic heterocycles. The summed E-state index contributed by atoms with van der Waals surface area (Å²) in [6.07, 6.45) is 3.58. The maximum atomic E-state index is 13.3. The predicted octanol–water partition coefficient (Wildman–Crippen LogP) is 6.08. The number of aromatic amines is 1. The minimum Gasteiger partial charge on any atom is -0.383 e. The van der Waals surface area contributed by atoms with E-state index in [0.29, 0.717) is 17.6 Å². The largest absolute Gasteiger partial charge is 0.383 e. The van der Waals surface area contributed by atoms with E-state index in [0.717, 1.165) is 61.0 Å². The molecule has 0 atom stereocenters. The molecule has 3 aromatic carbocycles. The second-order valence-electron chi connectivity index (χ2n) is 10.3. The topological polar surface area (TPSA) is 104 Å². The first kappa shape index (κ1) is 23.7. The Morgan fingerprint density at radius 1 is 1.03 bits per heavy atom. The van der Waals surface area contributed by atoms with E-state index in [9.17, 15) is 9.59 Å². The van der Waals surface area contributed by atoms with Crippen molar-refractivity contribution in [3.05, 3.63) is 88.7 Å². The maximum absolute atomic E-state index is 13.3. The van der Waals surface area contributed by atoms with Crippen LogP contribution in [0.25, 0.3) is 32.9 Å². The second-order valence-corrected chi connectivity index (χ2v) is 10.3. The second kappa shape index (κ2) is 8.73. The lowest BCUT2D eigenvalue weighted by atomic mass is 9.94. The Kier molecular flexibility index (Phi) is 5.45. The third kappa shape index (κ3) is 3.70. The number of anilines is 2. The van der Waals surface area contributed by atoms with Crippen LogP contribution in [-0.4, -0.2) is 27.8 Å². The number of carbonyl (C=O) groups is 2. The van der Waals surface area contributed by atoms with Gasteiger partial charge >= 0.3 is 0 Å². The summed E-state index contributed by atoms with van der Waals surface area (Å²) in [4.78, 5) is 35.5. The Balaban J connectivity index is 1.53. The summed E-state index contributed by atoms with van der Waals surface area (Å²) in [5.41, 5.74) is 15.2. The molecule has 3 heterocycles. The van der Waals surface area contributed by atoms with Crippen LogP contribution in [0, 0.1) is 13.8 Å².